The van der Waals surface area contributed by atoms with Gasteiger partial charge in [-0.05, 0) is 34.8 Å². The Morgan fingerprint density at radius 2 is 1.76 bits per heavy atom. The monoisotopic (exact) mass is 330 g/mol. The van der Waals surface area contributed by atoms with Crippen LogP contribution in [0.3, 0.4) is 0 Å². The van der Waals surface area contributed by atoms with Gasteiger partial charge in [-0.1, -0.05) is 56.3 Å². The Morgan fingerprint density at radius 3 is 2.36 bits per heavy atom. The Kier molecular flexibility index (Phi) is 6.09. The molecule has 0 aliphatic heterocycles. The van der Waals surface area contributed by atoms with Gasteiger partial charge in [-0.25, -0.2) is 4.79 Å². The first-order valence-electron chi connectivity index (χ1n) is 8.05. The van der Waals surface area contributed by atoms with Crippen LogP contribution in [0.1, 0.15) is 47.7 Å². The molecule has 4 nitrogen and oxygen atoms in total. The van der Waals surface area contributed by atoms with Crippen molar-refractivity contribution in [2.24, 2.45) is 0 Å². The van der Waals surface area contributed by atoms with Gasteiger partial charge in [0, 0.05) is 12.0 Å². The average Bonchev–Trinajstić information content (AvgIpc) is 2.94. The largest absolute Gasteiger partial charge is 0.354 e. The summed E-state index contributed by atoms with van der Waals surface area (Å²) < 4.78 is 4.44. The minimum Gasteiger partial charge on any atom is -0.347 e. The molecule has 3 rings (SSSR count). The van der Waals surface area contributed by atoms with Gasteiger partial charge in [0.1, 0.15) is 0 Å². The van der Waals surface area contributed by atoms with Crippen molar-refractivity contribution in [2.75, 3.05) is 0 Å². The predicted molar refractivity (Wildman–Crippen MR) is 96.2 cm³/mol. The zero-order chi connectivity index (χ0) is 18.2. The van der Waals surface area contributed by atoms with Crippen LogP contribution in [0.25, 0.3) is 16.7 Å². The zero-order valence-corrected chi connectivity index (χ0v) is 14.1. The summed E-state index contributed by atoms with van der Waals surface area (Å²) >= 11 is 0. The number of hydrogen-bond acceptors (Lipinski definition) is 4. The molecule has 0 amide bonds. The van der Waals surface area contributed by atoms with Crippen LogP contribution in [0.15, 0.2) is 49.0 Å². The van der Waals surface area contributed by atoms with Gasteiger partial charge in [0.05, 0.1) is 11.6 Å². The molecule has 0 fully saturated rings. The third kappa shape index (κ3) is 3.76. The van der Waals surface area contributed by atoms with E-state index in [4.69, 9.17) is 10.5 Å². The van der Waals surface area contributed by atoms with E-state index in [9.17, 15) is 4.79 Å². The van der Waals surface area contributed by atoms with E-state index < -0.39 is 5.97 Å². The second kappa shape index (κ2) is 8.47. The SMILES string of the molecule is C=C1c2ccccc2-c2c1cccc2C(=O)OC#N.CCCCC#N. The fourth-order valence-corrected chi connectivity index (χ4v) is 2.73. The number of nitriles is 2. The molecule has 1 aliphatic carbocycles. The lowest BCUT2D eigenvalue weighted by atomic mass is 9.99. The van der Waals surface area contributed by atoms with E-state index in [1.54, 1.807) is 12.1 Å². The van der Waals surface area contributed by atoms with E-state index in [-0.39, 0.29) is 0 Å². The van der Waals surface area contributed by atoms with Crippen molar-refractivity contribution >= 4 is 11.5 Å². The van der Waals surface area contributed by atoms with E-state index in [0.717, 1.165) is 47.1 Å². The number of hydrogen-bond donors (Lipinski definition) is 0. The van der Waals surface area contributed by atoms with Crippen molar-refractivity contribution in [3.63, 3.8) is 0 Å². The Labute approximate surface area is 147 Å². The first-order chi connectivity index (χ1) is 12.2. The second-order valence-electron chi connectivity index (χ2n) is 5.49. The van der Waals surface area contributed by atoms with E-state index >= 15 is 0 Å². The molecule has 0 saturated heterocycles. The van der Waals surface area contributed by atoms with Gasteiger partial charge in [-0.2, -0.15) is 5.26 Å². The smallest absolute Gasteiger partial charge is 0.347 e. The highest BCUT2D eigenvalue weighted by molar-refractivity contribution is 6.08. The van der Waals surface area contributed by atoms with Gasteiger partial charge in [0.2, 0.25) is 0 Å². The molecule has 0 saturated carbocycles. The highest BCUT2D eigenvalue weighted by Gasteiger charge is 2.27. The summed E-state index contributed by atoms with van der Waals surface area (Å²) in [7, 11) is 0. The lowest BCUT2D eigenvalue weighted by Gasteiger charge is -2.05. The maximum atomic E-state index is 11.8. The number of benzene rings is 2. The topological polar surface area (TPSA) is 73.9 Å². The summed E-state index contributed by atoms with van der Waals surface area (Å²) in [4.78, 5) is 11.8. The van der Waals surface area contributed by atoms with Crippen molar-refractivity contribution < 1.29 is 9.53 Å². The van der Waals surface area contributed by atoms with Gasteiger partial charge in [-0.15, -0.1) is 5.26 Å². The third-order valence-electron chi connectivity index (χ3n) is 3.91. The highest BCUT2D eigenvalue weighted by Crippen LogP contribution is 2.44. The molecule has 1 aliphatic rings. The van der Waals surface area contributed by atoms with Gasteiger partial charge >= 0.3 is 5.97 Å². The number of fused-ring (bicyclic) bond motifs is 3. The molecule has 0 unspecified atom stereocenters. The van der Waals surface area contributed by atoms with E-state index in [0.29, 0.717) is 5.56 Å². The predicted octanol–water partition coefficient (Wildman–Crippen LogP) is 5.07. The summed E-state index contributed by atoms with van der Waals surface area (Å²) in [6, 6.07) is 15.2. The van der Waals surface area contributed by atoms with Crippen molar-refractivity contribution in [1.82, 2.24) is 0 Å². The summed E-state index contributed by atoms with van der Waals surface area (Å²) in [6.07, 6.45) is 4.32. The zero-order valence-electron chi connectivity index (χ0n) is 14.1. The van der Waals surface area contributed by atoms with Crippen LogP contribution < -0.4 is 0 Å². The van der Waals surface area contributed by atoms with Crippen LogP contribution >= 0.6 is 0 Å². The number of esters is 1. The summed E-state index contributed by atoms with van der Waals surface area (Å²) in [5, 5.41) is 16.4. The highest BCUT2D eigenvalue weighted by atomic mass is 16.5. The molecule has 0 radical (unpaired) electrons. The van der Waals surface area contributed by atoms with Gasteiger partial charge in [-0.3, -0.25) is 0 Å². The quantitative estimate of drug-likeness (QED) is 0.382. The summed E-state index contributed by atoms with van der Waals surface area (Å²) in [6.45, 7) is 6.15. The third-order valence-corrected chi connectivity index (χ3v) is 3.91. The average molecular weight is 330 g/mol. The van der Waals surface area contributed by atoms with Crippen LogP contribution in [0.2, 0.25) is 0 Å². The van der Waals surface area contributed by atoms with Gasteiger partial charge in [0.25, 0.3) is 6.26 Å². The normalized spacial score (nSPS) is 10.4. The van der Waals surface area contributed by atoms with Crippen LogP contribution in [0, 0.1) is 22.8 Å². The van der Waals surface area contributed by atoms with Crippen LogP contribution in [0.5, 0.6) is 0 Å². The van der Waals surface area contributed by atoms with Crippen LogP contribution in [-0.4, -0.2) is 5.97 Å². The standard InChI is InChI=1S/C16H9NO2.C5H9N/c1-10-11-5-2-3-6-13(11)15-12(10)7-4-8-14(15)16(18)19-9-17;1-2-3-4-5-6/h2-8H,1H2;2-4H2,1H3. The number of carbonyl (C=O) groups excluding carboxylic acids is 1. The van der Waals surface area contributed by atoms with Crippen molar-refractivity contribution in [3.8, 4) is 23.5 Å². The number of ether oxygens (including phenoxy) is 1. The van der Waals surface area contributed by atoms with Crippen molar-refractivity contribution in [1.29, 1.82) is 10.5 Å². The maximum absolute atomic E-state index is 11.8. The van der Waals surface area contributed by atoms with Crippen LogP contribution in [-0.2, 0) is 4.74 Å². The molecule has 4 heteroatoms. The van der Waals surface area contributed by atoms with Gasteiger partial charge in [0.15, 0.2) is 0 Å². The first-order valence-corrected chi connectivity index (χ1v) is 8.05. The molecule has 2 aromatic carbocycles. The first kappa shape index (κ1) is 18.0. The molecular weight excluding hydrogens is 312 g/mol. The fraction of sp³-hybridized carbons (Fsp3) is 0.190. The minimum atomic E-state index is -0.635. The molecule has 0 spiro atoms. The fourth-order valence-electron chi connectivity index (χ4n) is 2.73. The Balaban J connectivity index is 0.000000326. The molecular formula is C21H18N2O2. The molecule has 0 aromatic heterocycles. The number of rotatable bonds is 3. The molecule has 2 aromatic rings. The molecule has 0 bridgehead atoms. The summed E-state index contributed by atoms with van der Waals surface area (Å²) in [5.74, 6) is -0.635. The lowest BCUT2D eigenvalue weighted by molar-refractivity contribution is 0.0686. The molecule has 0 atom stereocenters. The van der Waals surface area contributed by atoms with Crippen molar-refractivity contribution in [3.05, 3.63) is 65.7 Å². The lowest BCUT2D eigenvalue weighted by Crippen LogP contribution is -2.03. The Morgan fingerprint density at radius 1 is 1.08 bits per heavy atom. The second-order valence-corrected chi connectivity index (χ2v) is 5.49. The maximum Gasteiger partial charge on any atom is 0.354 e. The van der Waals surface area contributed by atoms with E-state index in [1.165, 1.54) is 6.26 Å². The minimum absolute atomic E-state index is 0.394. The number of carbonyl (C=O) groups is 1. The van der Waals surface area contributed by atoms with Crippen molar-refractivity contribution in [2.45, 2.75) is 26.2 Å². The number of unbranched alkanes of at least 4 members (excludes halogenated alkanes) is 2. The van der Waals surface area contributed by atoms with E-state index in [2.05, 4.69) is 24.3 Å². The van der Waals surface area contributed by atoms with Gasteiger partial charge < -0.3 is 4.74 Å². The Bertz CT molecular complexity index is 885. The Hall–Kier alpha value is -3.37. The molecule has 0 heterocycles. The summed E-state index contributed by atoms with van der Waals surface area (Å²) in [5.41, 5.74) is 4.95. The number of nitrogens with zero attached hydrogens (tertiary/aromatic N) is 2. The van der Waals surface area contributed by atoms with E-state index in [1.807, 2.05) is 30.3 Å². The molecule has 25 heavy (non-hydrogen) atoms. The molecule has 124 valence electrons. The molecule has 0 N–H and O–H groups in total. The van der Waals surface area contributed by atoms with Crippen LogP contribution in [0.4, 0.5) is 0 Å².